The molecule has 0 radical (unpaired) electrons. The molecule has 27 heavy (non-hydrogen) atoms. The van der Waals surface area contributed by atoms with Gasteiger partial charge in [-0.1, -0.05) is 52.7 Å². The van der Waals surface area contributed by atoms with E-state index in [1.165, 1.54) is 57.8 Å². The molecule has 0 spiro atoms. The Morgan fingerprint density at radius 2 is 1.74 bits per heavy atom. The van der Waals surface area contributed by atoms with Crippen LogP contribution in [-0.2, 0) is 4.43 Å². The zero-order valence-electron chi connectivity index (χ0n) is 19.2. The minimum Gasteiger partial charge on any atom is -0.413 e. The van der Waals surface area contributed by atoms with Crippen molar-refractivity contribution in [3.05, 3.63) is 11.6 Å². The van der Waals surface area contributed by atoms with E-state index in [0.717, 1.165) is 17.8 Å². The number of rotatable bonds is 2. The summed E-state index contributed by atoms with van der Waals surface area (Å²) < 4.78 is 7.07. The van der Waals surface area contributed by atoms with Crippen molar-refractivity contribution in [2.24, 2.45) is 28.6 Å². The molecule has 4 rings (SSSR count). The van der Waals surface area contributed by atoms with Crippen LogP contribution in [-0.4, -0.2) is 14.4 Å². The van der Waals surface area contributed by atoms with Gasteiger partial charge in [0.25, 0.3) is 0 Å². The standard InChI is InChI=1S/C25H44OSi/c1-23(2,3)27(6,7)26-22-14-13-20-19-12-11-18-10-8-9-16-24(18,4)21(19)15-17-25(20,22)5/h11,19-22H,8-10,12-17H2,1-7H3/t19-,20-,21+,22?,24-,25-/m0/s1. The quantitative estimate of drug-likeness (QED) is 0.347. The molecule has 154 valence electrons. The molecule has 2 heteroatoms. The Morgan fingerprint density at radius 3 is 2.44 bits per heavy atom. The van der Waals surface area contributed by atoms with E-state index in [1.807, 2.05) is 5.57 Å². The molecule has 0 saturated heterocycles. The molecule has 0 N–H and O–H groups in total. The fourth-order valence-electron chi connectivity index (χ4n) is 7.38. The van der Waals surface area contributed by atoms with Crippen LogP contribution in [0.25, 0.3) is 0 Å². The van der Waals surface area contributed by atoms with Crippen LogP contribution in [0.5, 0.6) is 0 Å². The van der Waals surface area contributed by atoms with E-state index in [-0.39, 0.29) is 0 Å². The van der Waals surface area contributed by atoms with Crippen LogP contribution in [0.4, 0.5) is 0 Å². The maximum absolute atomic E-state index is 7.07. The van der Waals surface area contributed by atoms with Gasteiger partial charge >= 0.3 is 0 Å². The highest BCUT2D eigenvalue weighted by molar-refractivity contribution is 6.74. The zero-order chi connectivity index (χ0) is 19.7. The van der Waals surface area contributed by atoms with Crippen LogP contribution in [0.15, 0.2) is 11.6 Å². The fourth-order valence-corrected chi connectivity index (χ4v) is 8.83. The largest absolute Gasteiger partial charge is 0.413 e. The van der Waals surface area contributed by atoms with E-state index >= 15 is 0 Å². The van der Waals surface area contributed by atoms with E-state index in [0.29, 0.717) is 22.0 Å². The van der Waals surface area contributed by atoms with Crippen LogP contribution >= 0.6 is 0 Å². The first kappa shape index (κ1) is 20.2. The molecule has 0 heterocycles. The summed E-state index contributed by atoms with van der Waals surface area (Å²) in [6, 6.07) is 0. The molecule has 3 fully saturated rings. The van der Waals surface area contributed by atoms with Crippen LogP contribution in [0, 0.1) is 28.6 Å². The van der Waals surface area contributed by atoms with E-state index in [4.69, 9.17) is 4.43 Å². The summed E-state index contributed by atoms with van der Waals surface area (Å²) >= 11 is 0. The molecule has 3 saturated carbocycles. The van der Waals surface area contributed by atoms with Crippen LogP contribution in [0.3, 0.4) is 0 Å². The second kappa shape index (κ2) is 6.46. The third kappa shape index (κ3) is 3.03. The molecular formula is C25H44OSi. The van der Waals surface area contributed by atoms with Crippen LogP contribution in [0.1, 0.15) is 92.4 Å². The molecule has 6 atom stereocenters. The normalized spacial score (nSPS) is 44.9. The molecule has 4 aliphatic carbocycles. The first-order valence-electron chi connectivity index (χ1n) is 11.9. The summed E-state index contributed by atoms with van der Waals surface area (Å²) in [5.41, 5.74) is 2.79. The lowest BCUT2D eigenvalue weighted by atomic mass is 9.48. The molecule has 4 aliphatic rings. The predicted octanol–water partition coefficient (Wildman–Crippen LogP) is 7.73. The highest BCUT2D eigenvalue weighted by Gasteiger charge is 2.59. The van der Waals surface area contributed by atoms with Gasteiger partial charge in [0.05, 0.1) is 6.10 Å². The molecular weight excluding hydrogens is 344 g/mol. The Morgan fingerprint density at radius 1 is 1.00 bits per heavy atom. The van der Waals surface area contributed by atoms with Crippen molar-refractivity contribution in [3.8, 4) is 0 Å². The van der Waals surface area contributed by atoms with Gasteiger partial charge in [-0.05, 0) is 98.1 Å². The topological polar surface area (TPSA) is 9.23 Å². The van der Waals surface area contributed by atoms with E-state index in [2.05, 4.69) is 53.8 Å². The van der Waals surface area contributed by atoms with Crippen molar-refractivity contribution in [1.29, 1.82) is 0 Å². The molecule has 1 unspecified atom stereocenters. The van der Waals surface area contributed by atoms with Crippen LogP contribution in [0.2, 0.25) is 18.1 Å². The second-order valence-corrected chi connectivity index (χ2v) is 17.2. The van der Waals surface area contributed by atoms with Gasteiger partial charge in [-0.15, -0.1) is 0 Å². The maximum atomic E-state index is 7.07. The molecule has 0 aromatic carbocycles. The Hall–Kier alpha value is -0.0831. The highest BCUT2D eigenvalue weighted by atomic mass is 28.4. The van der Waals surface area contributed by atoms with E-state index in [9.17, 15) is 0 Å². The van der Waals surface area contributed by atoms with E-state index in [1.54, 1.807) is 0 Å². The fraction of sp³-hybridized carbons (Fsp3) is 0.920. The highest BCUT2D eigenvalue weighted by Crippen LogP contribution is 2.65. The second-order valence-electron chi connectivity index (χ2n) is 12.5. The lowest BCUT2D eigenvalue weighted by Gasteiger charge is -2.58. The molecule has 0 amide bonds. The first-order valence-corrected chi connectivity index (χ1v) is 14.8. The SMILES string of the molecule is CC(C)(C)[Si](C)(C)OC1CC[C@H]2[C@@H]3CC=C4CCCC[C@]4(C)[C@@H]3CC[C@]12C. The third-order valence-corrected chi connectivity index (χ3v) is 14.7. The predicted molar refractivity (Wildman–Crippen MR) is 118 cm³/mol. The first-order chi connectivity index (χ1) is 12.5. The smallest absolute Gasteiger partial charge is 0.192 e. The van der Waals surface area contributed by atoms with E-state index < -0.39 is 8.32 Å². The van der Waals surface area contributed by atoms with Crippen molar-refractivity contribution in [2.75, 3.05) is 0 Å². The summed E-state index contributed by atoms with van der Waals surface area (Å²) in [6.07, 6.45) is 15.9. The number of fused-ring (bicyclic) bond motifs is 5. The van der Waals surface area contributed by atoms with Gasteiger partial charge in [-0.3, -0.25) is 0 Å². The van der Waals surface area contributed by atoms with Crippen molar-refractivity contribution >= 4 is 8.32 Å². The summed E-state index contributed by atoms with van der Waals surface area (Å²) in [4.78, 5) is 0. The maximum Gasteiger partial charge on any atom is 0.192 e. The minimum atomic E-state index is -1.69. The Labute approximate surface area is 169 Å². The molecule has 0 aromatic rings. The summed E-state index contributed by atoms with van der Waals surface area (Å²) in [6.45, 7) is 17.3. The summed E-state index contributed by atoms with van der Waals surface area (Å²) in [5, 5.41) is 0.316. The molecule has 1 nitrogen and oxygen atoms in total. The molecule has 0 bridgehead atoms. The Balaban J connectivity index is 1.58. The number of allylic oxidation sites excluding steroid dienone is 2. The van der Waals surface area contributed by atoms with Crippen molar-refractivity contribution < 1.29 is 4.43 Å². The third-order valence-electron chi connectivity index (χ3n) is 10.2. The Bertz CT molecular complexity index is 614. The lowest BCUT2D eigenvalue weighted by Crippen LogP contribution is -2.53. The van der Waals surface area contributed by atoms with Crippen molar-refractivity contribution in [3.63, 3.8) is 0 Å². The zero-order valence-corrected chi connectivity index (χ0v) is 20.2. The molecule has 0 aliphatic heterocycles. The number of hydrogen-bond donors (Lipinski definition) is 0. The molecule has 0 aromatic heterocycles. The van der Waals surface area contributed by atoms with Crippen molar-refractivity contribution in [1.82, 2.24) is 0 Å². The summed E-state index contributed by atoms with van der Waals surface area (Å²) in [5.74, 6) is 2.76. The summed E-state index contributed by atoms with van der Waals surface area (Å²) in [7, 11) is -1.69. The Kier molecular flexibility index (Phi) is 4.83. The van der Waals surface area contributed by atoms with Gasteiger partial charge in [0, 0.05) is 0 Å². The van der Waals surface area contributed by atoms with Crippen LogP contribution < -0.4 is 0 Å². The van der Waals surface area contributed by atoms with Gasteiger partial charge in [-0.2, -0.15) is 0 Å². The minimum absolute atomic E-state index is 0.316. The van der Waals surface area contributed by atoms with Gasteiger partial charge in [0.1, 0.15) is 0 Å². The van der Waals surface area contributed by atoms with Crippen molar-refractivity contribution in [2.45, 2.75) is 117 Å². The van der Waals surface area contributed by atoms with Gasteiger partial charge in [-0.25, -0.2) is 0 Å². The van der Waals surface area contributed by atoms with Gasteiger partial charge in [0.2, 0.25) is 0 Å². The monoisotopic (exact) mass is 388 g/mol. The van der Waals surface area contributed by atoms with Gasteiger partial charge in [0.15, 0.2) is 8.32 Å². The lowest BCUT2D eigenvalue weighted by molar-refractivity contribution is -0.0623. The average Bonchev–Trinajstić information content (AvgIpc) is 2.89. The average molecular weight is 389 g/mol. The van der Waals surface area contributed by atoms with Gasteiger partial charge < -0.3 is 4.43 Å². The number of hydrogen-bond acceptors (Lipinski definition) is 1.